The normalized spacial score (nSPS) is 11.7. The molecule has 3 N–H and O–H groups in total. The fourth-order valence-electron chi connectivity index (χ4n) is 4.69. The molecule has 11 heteroatoms. The smallest absolute Gasteiger partial charge is 0.272 e. The Labute approximate surface area is 289 Å². The van der Waals surface area contributed by atoms with E-state index in [0.717, 1.165) is 10.0 Å². The molecule has 1 unspecified atom stereocenters. The molecule has 0 aromatic heterocycles. The summed E-state index contributed by atoms with van der Waals surface area (Å²) in [4.78, 5) is 51.7. The minimum Gasteiger partial charge on any atom is -0.325 e. The molecule has 0 aliphatic carbocycles. The summed E-state index contributed by atoms with van der Waals surface area (Å²) in [6.45, 7) is 1.70. The molecule has 0 spiro atoms. The summed E-state index contributed by atoms with van der Waals surface area (Å²) in [5, 5.41) is 19.0. The first-order valence-corrected chi connectivity index (χ1v) is 16.4. The zero-order chi connectivity index (χ0) is 34.0. The number of amides is 3. The number of nitro groups is 1. The largest absolute Gasteiger partial charge is 0.325 e. The van der Waals surface area contributed by atoms with E-state index < -0.39 is 22.0 Å². The van der Waals surface area contributed by atoms with Crippen LogP contribution in [0.2, 0.25) is 0 Å². The molecule has 0 aliphatic heterocycles. The monoisotopic (exact) mass is 720 g/mol. The summed E-state index contributed by atoms with van der Waals surface area (Å²) in [5.41, 5.74) is 3.31. The van der Waals surface area contributed by atoms with Gasteiger partial charge in [0.2, 0.25) is 5.91 Å². The number of rotatable bonds is 11. The average molecular weight is 722 g/mol. The number of nitro benzene ring substituents is 1. The lowest BCUT2D eigenvalue weighted by Gasteiger charge is -2.18. The van der Waals surface area contributed by atoms with Crippen molar-refractivity contribution in [1.29, 1.82) is 0 Å². The second-order valence-corrected chi connectivity index (χ2v) is 12.7. The highest BCUT2D eigenvalue weighted by atomic mass is 79.9. The Morgan fingerprint density at radius 1 is 0.812 bits per heavy atom. The summed E-state index contributed by atoms with van der Waals surface area (Å²) in [6.07, 6.45) is 1.59. The number of carbonyl (C=O) groups excluding carboxylic acids is 3. The number of aryl methyl sites for hydroxylation is 1. The van der Waals surface area contributed by atoms with Crippen LogP contribution in [-0.4, -0.2) is 22.6 Å². The molecule has 9 nitrogen and oxygen atoms in total. The number of non-ortho nitro benzene ring substituents is 1. The van der Waals surface area contributed by atoms with Crippen molar-refractivity contribution in [3.8, 4) is 0 Å². The van der Waals surface area contributed by atoms with Crippen molar-refractivity contribution < 1.29 is 19.3 Å². The molecule has 1 atom stereocenters. The third-order valence-electron chi connectivity index (χ3n) is 7.05. The number of hydrogen-bond acceptors (Lipinski definition) is 6. The van der Waals surface area contributed by atoms with E-state index in [1.807, 2.05) is 60.7 Å². The minimum atomic E-state index is -0.691. The van der Waals surface area contributed by atoms with Crippen LogP contribution in [0.1, 0.15) is 32.3 Å². The number of nitrogens with zero attached hydrogens (tertiary/aromatic N) is 1. The van der Waals surface area contributed by atoms with Crippen LogP contribution in [0.15, 0.2) is 142 Å². The van der Waals surface area contributed by atoms with Crippen molar-refractivity contribution in [2.75, 3.05) is 10.6 Å². The van der Waals surface area contributed by atoms with Crippen LogP contribution in [0, 0.1) is 17.0 Å². The van der Waals surface area contributed by atoms with E-state index in [1.165, 1.54) is 30.0 Å². The standard InChI is InChI=1S/C37H29BrN4O5S/c1-24-20-30(42(46)47)18-19-32(24)40-37(45)34(26-11-4-2-5-12-26)48-31-17-9-16-29(23-31)39-36(44)33(22-25-10-8-15-28(38)21-25)41-35(43)27-13-6-3-7-14-27/h2-23,34H,1H3,(H,39,44)(H,40,45)(H,41,43)/b33-22+. The van der Waals surface area contributed by atoms with Crippen LogP contribution in [0.4, 0.5) is 17.1 Å². The highest BCUT2D eigenvalue weighted by Crippen LogP contribution is 2.37. The number of nitrogens with one attached hydrogen (secondary N) is 3. The van der Waals surface area contributed by atoms with Gasteiger partial charge in [0.15, 0.2) is 0 Å². The van der Waals surface area contributed by atoms with Gasteiger partial charge >= 0.3 is 0 Å². The molecule has 240 valence electrons. The van der Waals surface area contributed by atoms with Gasteiger partial charge in [0.05, 0.1) is 4.92 Å². The maximum absolute atomic E-state index is 13.7. The van der Waals surface area contributed by atoms with Crippen LogP contribution < -0.4 is 16.0 Å². The minimum absolute atomic E-state index is 0.0417. The molecule has 0 saturated heterocycles. The molecular weight excluding hydrogens is 692 g/mol. The quantitative estimate of drug-likeness (QED) is 0.0543. The van der Waals surface area contributed by atoms with Gasteiger partial charge in [-0.1, -0.05) is 82.7 Å². The highest BCUT2D eigenvalue weighted by molar-refractivity contribution is 9.10. The number of anilines is 2. The third-order valence-corrected chi connectivity index (χ3v) is 8.79. The Kier molecular flexibility index (Phi) is 11.2. The van der Waals surface area contributed by atoms with E-state index in [-0.39, 0.29) is 17.3 Å². The first kappa shape index (κ1) is 33.8. The van der Waals surface area contributed by atoms with Crippen LogP contribution in [0.25, 0.3) is 6.08 Å². The SMILES string of the molecule is Cc1cc([N+](=O)[O-])ccc1NC(=O)C(Sc1cccc(NC(=O)/C(=C\c2cccc(Br)c2)NC(=O)c2ccccc2)c1)c1ccccc1. The predicted octanol–water partition coefficient (Wildman–Crippen LogP) is 8.55. The van der Waals surface area contributed by atoms with E-state index in [9.17, 15) is 24.5 Å². The van der Waals surface area contributed by atoms with Gasteiger partial charge in [0.25, 0.3) is 17.5 Å². The lowest BCUT2D eigenvalue weighted by molar-refractivity contribution is -0.384. The van der Waals surface area contributed by atoms with Crippen LogP contribution in [-0.2, 0) is 9.59 Å². The van der Waals surface area contributed by atoms with E-state index in [4.69, 9.17) is 0 Å². The van der Waals surface area contributed by atoms with E-state index in [2.05, 4.69) is 31.9 Å². The van der Waals surface area contributed by atoms with Gasteiger partial charge in [0.1, 0.15) is 10.9 Å². The maximum Gasteiger partial charge on any atom is 0.272 e. The van der Waals surface area contributed by atoms with Gasteiger partial charge in [-0.05, 0) is 78.2 Å². The van der Waals surface area contributed by atoms with E-state index in [0.29, 0.717) is 33.0 Å². The predicted molar refractivity (Wildman–Crippen MR) is 193 cm³/mol. The van der Waals surface area contributed by atoms with Crippen molar-refractivity contribution in [2.24, 2.45) is 0 Å². The fraction of sp³-hybridized carbons (Fsp3) is 0.0541. The van der Waals surface area contributed by atoms with Gasteiger partial charge < -0.3 is 16.0 Å². The molecular formula is C37H29BrN4O5S. The van der Waals surface area contributed by atoms with Crippen molar-refractivity contribution in [3.05, 3.63) is 170 Å². The molecule has 0 bridgehead atoms. The Bertz CT molecular complexity index is 2000. The summed E-state index contributed by atoms with van der Waals surface area (Å²) in [7, 11) is 0. The second kappa shape index (κ2) is 15.9. The Hall–Kier alpha value is -5.52. The first-order chi connectivity index (χ1) is 23.2. The molecule has 5 aromatic rings. The van der Waals surface area contributed by atoms with Gasteiger partial charge in [-0.2, -0.15) is 0 Å². The van der Waals surface area contributed by atoms with Crippen molar-refractivity contribution in [2.45, 2.75) is 17.1 Å². The van der Waals surface area contributed by atoms with Gasteiger partial charge in [-0.15, -0.1) is 11.8 Å². The highest BCUT2D eigenvalue weighted by Gasteiger charge is 2.24. The van der Waals surface area contributed by atoms with Gasteiger partial charge in [-0.3, -0.25) is 24.5 Å². The lowest BCUT2D eigenvalue weighted by Crippen LogP contribution is -2.30. The molecule has 48 heavy (non-hydrogen) atoms. The zero-order valence-corrected chi connectivity index (χ0v) is 28.0. The number of benzene rings is 5. The summed E-state index contributed by atoms with van der Waals surface area (Å²) < 4.78 is 0.816. The van der Waals surface area contributed by atoms with Crippen molar-refractivity contribution in [1.82, 2.24) is 5.32 Å². The van der Waals surface area contributed by atoms with Crippen molar-refractivity contribution >= 4 is 68.6 Å². The topological polar surface area (TPSA) is 130 Å². The molecule has 3 amide bonds. The molecule has 0 radical (unpaired) electrons. The summed E-state index contributed by atoms with van der Waals surface area (Å²) in [6, 6.07) is 36.5. The number of hydrogen-bond donors (Lipinski definition) is 3. The number of halogens is 1. The molecule has 5 rings (SSSR count). The molecule has 0 saturated carbocycles. The zero-order valence-electron chi connectivity index (χ0n) is 25.6. The third kappa shape index (κ3) is 9.05. The summed E-state index contributed by atoms with van der Waals surface area (Å²) >= 11 is 4.73. The van der Waals surface area contributed by atoms with Crippen molar-refractivity contribution in [3.63, 3.8) is 0 Å². The second-order valence-electron chi connectivity index (χ2n) is 10.6. The molecule has 0 aliphatic rings. The van der Waals surface area contributed by atoms with E-state index >= 15 is 0 Å². The average Bonchev–Trinajstić information content (AvgIpc) is 3.08. The maximum atomic E-state index is 13.7. The molecule has 5 aromatic carbocycles. The first-order valence-electron chi connectivity index (χ1n) is 14.7. The Morgan fingerprint density at radius 2 is 1.52 bits per heavy atom. The molecule has 0 fully saturated rings. The fourth-order valence-corrected chi connectivity index (χ4v) is 6.19. The Morgan fingerprint density at radius 3 is 2.21 bits per heavy atom. The van der Waals surface area contributed by atoms with E-state index in [1.54, 1.807) is 61.5 Å². The van der Waals surface area contributed by atoms with Crippen LogP contribution in [0.5, 0.6) is 0 Å². The number of carbonyl (C=O) groups is 3. The van der Waals surface area contributed by atoms with Crippen LogP contribution >= 0.6 is 27.7 Å². The van der Waals surface area contributed by atoms with Gasteiger partial charge in [0, 0.05) is 38.4 Å². The summed E-state index contributed by atoms with van der Waals surface area (Å²) in [5.74, 6) is -1.29. The number of thioether (sulfide) groups is 1. The molecule has 0 heterocycles. The Balaban J connectivity index is 1.38. The van der Waals surface area contributed by atoms with Gasteiger partial charge in [-0.25, -0.2) is 0 Å². The van der Waals surface area contributed by atoms with Crippen LogP contribution in [0.3, 0.4) is 0 Å². The lowest BCUT2D eigenvalue weighted by atomic mass is 10.1.